The SMILES string of the molecule is O=C1NC2CCN(C(=O)c3nc4n(n3)CCN(C(=O)OCc3ccc(OC(F)(F)F)c(F)c3)CC4)CC2O1. The number of carbonyl (C=O) groups excluding carboxylic acids is 3. The van der Waals surface area contributed by atoms with Gasteiger partial charge in [-0.15, -0.1) is 18.3 Å². The van der Waals surface area contributed by atoms with E-state index < -0.39 is 36.2 Å². The summed E-state index contributed by atoms with van der Waals surface area (Å²) < 4.78 is 66.2. The van der Waals surface area contributed by atoms with Gasteiger partial charge in [-0.3, -0.25) is 4.79 Å². The predicted octanol–water partition coefficient (Wildman–Crippen LogP) is 1.83. The van der Waals surface area contributed by atoms with Crippen LogP contribution in [0.5, 0.6) is 5.75 Å². The van der Waals surface area contributed by atoms with Gasteiger partial charge in [-0.2, -0.15) is 0 Å². The number of alkyl carbamates (subject to hydrolysis) is 1. The van der Waals surface area contributed by atoms with Crippen molar-refractivity contribution in [2.75, 3.05) is 26.2 Å². The van der Waals surface area contributed by atoms with Gasteiger partial charge in [0.15, 0.2) is 11.6 Å². The number of amides is 3. The van der Waals surface area contributed by atoms with Crippen molar-refractivity contribution in [3.8, 4) is 5.75 Å². The fourth-order valence-electron chi connectivity index (χ4n) is 4.50. The van der Waals surface area contributed by atoms with Crippen LogP contribution in [0.3, 0.4) is 0 Å². The smallest absolute Gasteiger partial charge is 0.445 e. The Kier molecular flexibility index (Phi) is 6.71. The Labute approximate surface area is 212 Å². The molecule has 16 heteroatoms. The predicted molar refractivity (Wildman–Crippen MR) is 116 cm³/mol. The minimum atomic E-state index is -5.03. The summed E-state index contributed by atoms with van der Waals surface area (Å²) in [6, 6.07) is 2.64. The third-order valence-corrected chi connectivity index (χ3v) is 6.38. The highest BCUT2D eigenvalue weighted by atomic mass is 19.4. The maximum Gasteiger partial charge on any atom is 0.573 e. The summed E-state index contributed by atoms with van der Waals surface area (Å²) in [7, 11) is 0. The van der Waals surface area contributed by atoms with E-state index in [1.165, 1.54) is 4.90 Å². The van der Waals surface area contributed by atoms with Crippen molar-refractivity contribution in [1.29, 1.82) is 0 Å². The van der Waals surface area contributed by atoms with Crippen LogP contribution in [-0.4, -0.2) is 87.3 Å². The number of aromatic nitrogens is 3. The van der Waals surface area contributed by atoms with Gasteiger partial charge in [0.25, 0.3) is 5.91 Å². The number of ether oxygens (including phenoxy) is 3. The Bertz CT molecular complexity index is 1230. The molecule has 3 aliphatic heterocycles. The molecule has 12 nitrogen and oxygen atoms in total. The quantitative estimate of drug-likeness (QED) is 0.580. The second-order valence-corrected chi connectivity index (χ2v) is 8.91. The zero-order valence-corrected chi connectivity index (χ0v) is 19.7. The highest BCUT2D eigenvalue weighted by molar-refractivity contribution is 5.90. The van der Waals surface area contributed by atoms with Crippen LogP contribution < -0.4 is 10.1 Å². The first-order valence-corrected chi connectivity index (χ1v) is 11.7. The Morgan fingerprint density at radius 1 is 1.16 bits per heavy atom. The van der Waals surface area contributed by atoms with Crippen LogP contribution >= 0.6 is 0 Å². The van der Waals surface area contributed by atoms with Gasteiger partial charge < -0.3 is 29.3 Å². The summed E-state index contributed by atoms with van der Waals surface area (Å²) in [5, 5.41) is 7.00. The second-order valence-electron chi connectivity index (χ2n) is 8.91. The van der Waals surface area contributed by atoms with Gasteiger partial charge in [-0.1, -0.05) is 6.07 Å². The molecule has 204 valence electrons. The monoisotopic (exact) mass is 542 g/mol. The molecule has 2 saturated heterocycles. The molecule has 5 rings (SSSR count). The van der Waals surface area contributed by atoms with Crippen molar-refractivity contribution in [2.24, 2.45) is 0 Å². The van der Waals surface area contributed by atoms with Crippen LogP contribution in [0.4, 0.5) is 27.2 Å². The van der Waals surface area contributed by atoms with Gasteiger partial charge in [0.1, 0.15) is 18.5 Å². The minimum Gasteiger partial charge on any atom is -0.445 e. The first-order valence-electron chi connectivity index (χ1n) is 11.7. The van der Waals surface area contributed by atoms with E-state index in [9.17, 15) is 31.9 Å². The minimum absolute atomic E-state index is 0.0201. The fraction of sp³-hybridized carbons (Fsp3) is 0.500. The average molecular weight is 542 g/mol. The number of piperidine rings is 1. The van der Waals surface area contributed by atoms with E-state index in [0.29, 0.717) is 25.2 Å². The van der Waals surface area contributed by atoms with E-state index in [4.69, 9.17) is 9.47 Å². The highest BCUT2D eigenvalue weighted by Gasteiger charge is 2.41. The van der Waals surface area contributed by atoms with E-state index >= 15 is 0 Å². The number of halogens is 4. The number of hydrogen-bond donors (Lipinski definition) is 1. The van der Waals surface area contributed by atoms with Gasteiger partial charge in [0.2, 0.25) is 5.82 Å². The third-order valence-electron chi connectivity index (χ3n) is 6.38. The Morgan fingerprint density at radius 3 is 2.74 bits per heavy atom. The summed E-state index contributed by atoms with van der Waals surface area (Å²) in [6.07, 6.45) is -5.79. The number of fused-ring (bicyclic) bond motifs is 2. The molecule has 2 atom stereocenters. The highest BCUT2D eigenvalue weighted by Crippen LogP contribution is 2.26. The molecule has 0 spiro atoms. The summed E-state index contributed by atoms with van der Waals surface area (Å²) in [5.74, 6) is -2.07. The summed E-state index contributed by atoms with van der Waals surface area (Å²) in [4.78, 5) is 44.1. The van der Waals surface area contributed by atoms with Crippen molar-refractivity contribution in [3.05, 3.63) is 41.2 Å². The molecule has 0 bridgehead atoms. The molecule has 3 aliphatic rings. The lowest BCUT2D eigenvalue weighted by atomic mass is 10.0. The zero-order valence-electron chi connectivity index (χ0n) is 19.7. The number of carbonyl (C=O) groups is 3. The molecule has 1 N–H and O–H groups in total. The van der Waals surface area contributed by atoms with Crippen LogP contribution in [0.25, 0.3) is 0 Å². The number of hydrogen-bond acceptors (Lipinski definition) is 8. The van der Waals surface area contributed by atoms with Crippen LogP contribution in [0, 0.1) is 5.82 Å². The van der Waals surface area contributed by atoms with Gasteiger partial charge in [0.05, 0.1) is 19.1 Å². The molecule has 0 radical (unpaired) electrons. The number of nitrogens with zero attached hydrogens (tertiary/aromatic N) is 5. The lowest BCUT2D eigenvalue weighted by Gasteiger charge is -2.32. The number of benzene rings is 1. The van der Waals surface area contributed by atoms with Crippen molar-refractivity contribution < 1.29 is 46.2 Å². The Morgan fingerprint density at radius 2 is 1.97 bits per heavy atom. The van der Waals surface area contributed by atoms with Gasteiger partial charge in [-0.25, -0.2) is 23.6 Å². The number of nitrogens with one attached hydrogen (secondary N) is 1. The van der Waals surface area contributed by atoms with Gasteiger partial charge in [0, 0.05) is 26.1 Å². The fourth-order valence-corrected chi connectivity index (χ4v) is 4.50. The van der Waals surface area contributed by atoms with Crippen molar-refractivity contribution in [1.82, 2.24) is 29.9 Å². The molecular weight excluding hydrogens is 520 g/mol. The van der Waals surface area contributed by atoms with E-state index in [-0.39, 0.29) is 56.1 Å². The first kappa shape index (κ1) is 25.5. The van der Waals surface area contributed by atoms with Crippen LogP contribution in [0.15, 0.2) is 18.2 Å². The first-order chi connectivity index (χ1) is 18.1. The van der Waals surface area contributed by atoms with Crippen LogP contribution in [0.2, 0.25) is 0 Å². The topological polar surface area (TPSA) is 128 Å². The summed E-state index contributed by atoms with van der Waals surface area (Å²) in [5.41, 5.74) is 0.144. The third kappa shape index (κ3) is 5.57. The lowest BCUT2D eigenvalue weighted by Crippen LogP contribution is -2.50. The van der Waals surface area contributed by atoms with Gasteiger partial charge >= 0.3 is 18.5 Å². The van der Waals surface area contributed by atoms with E-state index in [1.54, 1.807) is 9.58 Å². The molecule has 2 aromatic rings. The van der Waals surface area contributed by atoms with Crippen LogP contribution in [-0.2, 0) is 29.0 Å². The molecule has 0 aliphatic carbocycles. The molecule has 0 saturated carbocycles. The largest absolute Gasteiger partial charge is 0.573 e. The van der Waals surface area contributed by atoms with Crippen molar-refractivity contribution in [2.45, 2.75) is 44.5 Å². The van der Waals surface area contributed by atoms with Crippen molar-refractivity contribution >= 4 is 18.1 Å². The Balaban J connectivity index is 1.13. The lowest BCUT2D eigenvalue weighted by molar-refractivity contribution is -0.275. The van der Waals surface area contributed by atoms with Gasteiger partial charge in [-0.05, 0) is 24.1 Å². The molecule has 3 amide bonds. The summed E-state index contributed by atoms with van der Waals surface area (Å²) in [6.45, 7) is 0.970. The van der Waals surface area contributed by atoms with E-state index in [1.807, 2.05) is 0 Å². The normalized spacial score (nSPS) is 21.1. The number of alkyl halides is 3. The van der Waals surface area contributed by atoms with Crippen LogP contribution in [0.1, 0.15) is 28.4 Å². The zero-order chi connectivity index (χ0) is 27.0. The molecule has 2 fully saturated rings. The maximum absolute atomic E-state index is 13.9. The Hall–Kier alpha value is -4.11. The number of rotatable bonds is 4. The molecule has 1 aromatic heterocycles. The molecular formula is C22H22F4N6O6. The average Bonchev–Trinajstić information content (AvgIpc) is 3.38. The molecule has 38 heavy (non-hydrogen) atoms. The molecule has 1 aromatic carbocycles. The molecule has 4 heterocycles. The standard InChI is InChI=1S/C22H22F4N6O6/c23-13-9-12(1-2-15(13)38-22(24,25)26)11-36-21(35)30-6-4-17-28-18(29-32(17)8-7-30)19(33)31-5-3-14-16(10-31)37-20(34)27-14/h1-2,9,14,16H,3-8,10-11H2,(H,27,34). The summed E-state index contributed by atoms with van der Waals surface area (Å²) >= 11 is 0. The van der Waals surface area contributed by atoms with Crippen molar-refractivity contribution in [3.63, 3.8) is 0 Å². The van der Waals surface area contributed by atoms with E-state index in [0.717, 1.165) is 18.2 Å². The second kappa shape index (κ2) is 9.98. The van der Waals surface area contributed by atoms with E-state index in [2.05, 4.69) is 20.1 Å². The molecule has 2 unspecified atom stereocenters. The number of likely N-dealkylation sites (tertiary alicyclic amines) is 1. The maximum atomic E-state index is 13.9.